The van der Waals surface area contributed by atoms with Crippen molar-refractivity contribution in [2.75, 3.05) is 12.8 Å². The van der Waals surface area contributed by atoms with E-state index in [0.717, 1.165) is 47.9 Å². The lowest BCUT2D eigenvalue weighted by Gasteiger charge is -2.23. The zero-order chi connectivity index (χ0) is 18.0. The van der Waals surface area contributed by atoms with Crippen molar-refractivity contribution in [3.05, 3.63) is 52.1 Å². The van der Waals surface area contributed by atoms with E-state index in [0.29, 0.717) is 16.7 Å². The number of esters is 1. The SMILES string of the molecule is COC(=O)c1ccc(-c2c(C#N)c(N)c(C#N)c3c2CCCC3)cc1. The number of methoxy groups -OCH3 is 1. The topological polar surface area (TPSA) is 99.9 Å². The molecule has 0 radical (unpaired) electrons. The molecule has 5 heteroatoms. The molecule has 2 aromatic carbocycles. The van der Waals surface area contributed by atoms with Crippen LogP contribution in [0.4, 0.5) is 5.69 Å². The highest BCUT2D eigenvalue weighted by atomic mass is 16.5. The predicted octanol–water partition coefficient (Wildman–Crippen LogP) is 3.34. The van der Waals surface area contributed by atoms with Crippen LogP contribution < -0.4 is 5.73 Å². The normalized spacial score (nSPS) is 12.6. The molecule has 3 rings (SSSR count). The Bertz CT molecular complexity index is 932. The van der Waals surface area contributed by atoms with E-state index in [4.69, 9.17) is 10.5 Å². The minimum Gasteiger partial charge on any atom is -0.465 e. The van der Waals surface area contributed by atoms with Gasteiger partial charge < -0.3 is 10.5 Å². The fourth-order valence-electron chi connectivity index (χ4n) is 3.48. The van der Waals surface area contributed by atoms with Crippen molar-refractivity contribution in [1.82, 2.24) is 0 Å². The van der Waals surface area contributed by atoms with Gasteiger partial charge in [0.15, 0.2) is 0 Å². The first-order chi connectivity index (χ1) is 12.1. The van der Waals surface area contributed by atoms with Crippen LogP contribution in [0.15, 0.2) is 24.3 Å². The Kier molecular flexibility index (Phi) is 4.41. The fraction of sp³-hybridized carbons (Fsp3) is 0.250. The summed E-state index contributed by atoms with van der Waals surface area (Å²) in [6.45, 7) is 0. The molecule has 2 aromatic rings. The van der Waals surface area contributed by atoms with Gasteiger partial charge in [-0.05, 0) is 54.5 Å². The molecule has 0 fully saturated rings. The first kappa shape index (κ1) is 16.5. The van der Waals surface area contributed by atoms with Gasteiger partial charge in [-0.25, -0.2) is 4.79 Å². The standard InChI is InChI=1S/C20H17N3O2/c1-25-20(24)13-8-6-12(7-9-13)18-15-5-3-2-4-14(15)16(10-21)19(23)17(18)11-22/h6-9H,2-5,23H2,1H3. The summed E-state index contributed by atoms with van der Waals surface area (Å²) in [6, 6.07) is 11.3. The van der Waals surface area contributed by atoms with Crippen molar-refractivity contribution in [2.45, 2.75) is 25.7 Å². The highest BCUT2D eigenvalue weighted by molar-refractivity contribution is 5.91. The molecule has 0 heterocycles. The number of carbonyl (C=O) groups is 1. The summed E-state index contributed by atoms with van der Waals surface area (Å²) in [7, 11) is 1.34. The number of nitriles is 2. The number of anilines is 1. The molecule has 0 saturated carbocycles. The Hall–Kier alpha value is -3.31. The van der Waals surface area contributed by atoms with E-state index < -0.39 is 5.97 Å². The van der Waals surface area contributed by atoms with Crippen LogP contribution in [-0.4, -0.2) is 13.1 Å². The largest absolute Gasteiger partial charge is 0.465 e. The van der Waals surface area contributed by atoms with Gasteiger partial charge in [-0.2, -0.15) is 10.5 Å². The van der Waals surface area contributed by atoms with Gasteiger partial charge in [0.25, 0.3) is 0 Å². The van der Waals surface area contributed by atoms with Crippen LogP contribution in [-0.2, 0) is 17.6 Å². The molecule has 2 N–H and O–H groups in total. The Morgan fingerprint density at radius 2 is 1.64 bits per heavy atom. The molecule has 5 nitrogen and oxygen atoms in total. The van der Waals surface area contributed by atoms with Crippen LogP contribution in [0, 0.1) is 22.7 Å². The van der Waals surface area contributed by atoms with Gasteiger partial charge in [-0.3, -0.25) is 0 Å². The highest BCUT2D eigenvalue weighted by Gasteiger charge is 2.25. The second-order valence-electron chi connectivity index (χ2n) is 6.00. The van der Waals surface area contributed by atoms with Crippen LogP contribution in [0.25, 0.3) is 11.1 Å². The summed E-state index contributed by atoms with van der Waals surface area (Å²) < 4.78 is 4.72. The second kappa shape index (κ2) is 6.67. The lowest BCUT2D eigenvalue weighted by Crippen LogP contribution is -2.12. The van der Waals surface area contributed by atoms with Crippen LogP contribution in [0.5, 0.6) is 0 Å². The molecule has 25 heavy (non-hydrogen) atoms. The number of hydrogen-bond donors (Lipinski definition) is 1. The molecule has 0 aromatic heterocycles. The molecule has 1 aliphatic rings. The van der Waals surface area contributed by atoms with Gasteiger partial charge in [0.05, 0.1) is 29.5 Å². The molecule has 124 valence electrons. The molecular formula is C20H17N3O2. The number of rotatable bonds is 2. The third kappa shape index (κ3) is 2.70. The van der Waals surface area contributed by atoms with Crippen LogP contribution >= 0.6 is 0 Å². The van der Waals surface area contributed by atoms with Crippen molar-refractivity contribution in [3.63, 3.8) is 0 Å². The first-order valence-electron chi connectivity index (χ1n) is 8.08. The molecule has 0 unspecified atom stereocenters. The maximum absolute atomic E-state index is 11.6. The minimum atomic E-state index is -0.409. The predicted molar refractivity (Wildman–Crippen MR) is 93.7 cm³/mol. The smallest absolute Gasteiger partial charge is 0.337 e. The zero-order valence-electron chi connectivity index (χ0n) is 13.9. The summed E-state index contributed by atoms with van der Waals surface area (Å²) >= 11 is 0. The van der Waals surface area contributed by atoms with E-state index in [1.165, 1.54) is 7.11 Å². The third-order valence-electron chi connectivity index (χ3n) is 4.68. The molecule has 0 atom stereocenters. The number of carbonyl (C=O) groups excluding carboxylic acids is 1. The van der Waals surface area contributed by atoms with Gasteiger partial charge in [0.2, 0.25) is 0 Å². The van der Waals surface area contributed by atoms with Crippen LogP contribution in [0.2, 0.25) is 0 Å². The quantitative estimate of drug-likeness (QED) is 0.672. The van der Waals surface area contributed by atoms with Crippen LogP contribution in [0.3, 0.4) is 0 Å². The number of nitrogens with two attached hydrogens (primary N) is 1. The maximum atomic E-state index is 11.6. The summed E-state index contributed by atoms with van der Waals surface area (Å²) in [5, 5.41) is 19.1. The number of benzene rings is 2. The third-order valence-corrected chi connectivity index (χ3v) is 4.68. The second-order valence-corrected chi connectivity index (χ2v) is 6.00. The molecule has 0 saturated heterocycles. The molecule has 0 amide bonds. The van der Waals surface area contributed by atoms with Crippen molar-refractivity contribution in [1.29, 1.82) is 10.5 Å². The Balaban J connectivity index is 2.26. The monoisotopic (exact) mass is 331 g/mol. The van der Waals surface area contributed by atoms with Crippen molar-refractivity contribution in [2.24, 2.45) is 0 Å². The molecule has 0 bridgehead atoms. The van der Waals surface area contributed by atoms with E-state index in [2.05, 4.69) is 12.1 Å². The average molecular weight is 331 g/mol. The molecule has 1 aliphatic carbocycles. The maximum Gasteiger partial charge on any atom is 0.337 e. The van der Waals surface area contributed by atoms with E-state index in [9.17, 15) is 15.3 Å². The molecule has 0 spiro atoms. The van der Waals surface area contributed by atoms with E-state index in [1.807, 2.05) is 0 Å². The lowest BCUT2D eigenvalue weighted by molar-refractivity contribution is 0.0601. The number of fused-ring (bicyclic) bond motifs is 1. The summed E-state index contributed by atoms with van der Waals surface area (Å²) in [5.41, 5.74) is 11.2. The zero-order valence-corrected chi connectivity index (χ0v) is 13.9. The number of ether oxygens (including phenoxy) is 1. The van der Waals surface area contributed by atoms with Crippen molar-refractivity contribution in [3.8, 4) is 23.3 Å². The Labute approximate surface area is 146 Å². The Morgan fingerprint density at radius 3 is 2.20 bits per heavy atom. The van der Waals surface area contributed by atoms with Crippen molar-refractivity contribution >= 4 is 11.7 Å². The Morgan fingerprint density at radius 1 is 1.04 bits per heavy atom. The summed E-state index contributed by atoms with van der Waals surface area (Å²) in [6.07, 6.45) is 3.63. The first-order valence-corrected chi connectivity index (χ1v) is 8.08. The summed E-state index contributed by atoms with van der Waals surface area (Å²) in [5.74, 6) is -0.409. The van der Waals surface area contributed by atoms with Crippen LogP contribution in [0.1, 0.15) is 45.5 Å². The van der Waals surface area contributed by atoms with Gasteiger partial charge in [0, 0.05) is 5.56 Å². The van der Waals surface area contributed by atoms with Gasteiger partial charge in [-0.1, -0.05) is 12.1 Å². The minimum absolute atomic E-state index is 0.248. The number of nitrogens with zero attached hydrogens (tertiary/aromatic N) is 2. The van der Waals surface area contributed by atoms with E-state index in [-0.39, 0.29) is 5.69 Å². The lowest BCUT2D eigenvalue weighted by atomic mass is 9.80. The van der Waals surface area contributed by atoms with Gasteiger partial charge >= 0.3 is 5.97 Å². The molecular weight excluding hydrogens is 314 g/mol. The fourth-order valence-corrected chi connectivity index (χ4v) is 3.48. The highest BCUT2D eigenvalue weighted by Crippen LogP contribution is 2.40. The summed E-state index contributed by atoms with van der Waals surface area (Å²) in [4.78, 5) is 11.6. The number of nitrogen functional groups attached to an aromatic ring is 1. The van der Waals surface area contributed by atoms with E-state index >= 15 is 0 Å². The van der Waals surface area contributed by atoms with Gasteiger partial charge in [-0.15, -0.1) is 0 Å². The number of hydrogen-bond acceptors (Lipinski definition) is 5. The van der Waals surface area contributed by atoms with Crippen molar-refractivity contribution < 1.29 is 9.53 Å². The van der Waals surface area contributed by atoms with Gasteiger partial charge in [0.1, 0.15) is 12.1 Å². The molecule has 0 aliphatic heterocycles. The average Bonchev–Trinajstić information content (AvgIpc) is 2.66. The van der Waals surface area contributed by atoms with E-state index in [1.54, 1.807) is 24.3 Å².